The van der Waals surface area contributed by atoms with Crippen LogP contribution in [-0.2, 0) is 0 Å². The van der Waals surface area contributed by atoms with E-state index in [1.165, 1.54) is 0 Å². The standard InChI is InChI=1S/C19H19ClN6/c1-25(2)15-5-3-4-14(10-15)24-18-19-23-12-16(26(19)9-8-21-18)13-6-7-17(20)22-11-13/h3-11,16H,12H2,1-2H3,(H,21,24). The number of anilines is 2. The lowest BCUT2D eigenvalue weighted by Crippen LogP contribution is -2.37. The van der Waals surface area contributed by atoms with E-state index in [0.29, 0.717) is 11.7 Å². The number of nitrogens with zero attached hydrogens (tertiary/aromatic N) is 5. The minimum absolute atomic E-state index is 0.103. The Morgan fingerprint density at radius 3 is 2.88 bits per heavy atom. The number of benzene rings is 1. The van der Waals surface area contributed by atoms with Crippen LogP contribution >= 0.6 is 11.6 Å². The molecule has 2 aromatic rings. The van der Waals surface area contributed by atoms with Crippen molar-refractivity contribution in [3.8, 4) is 0 Å². The summed E-state index contributed by atoms with van der Waals surface area (Å²) in [5.74, 6) is 1.58. The highest BCUT2D eigenvalue weighted by molar-refractivity contribution is 6.45. The second kappa shape index (κ2) is 6.80. The van der Waals surface area contributed by atoms with Crippen molar-refractivity contribution >= 4 is 34.6 Å². The zero-order valence-electron chi connectivity index (χ0n) is 14.6. The second-order valence-electron chi connectivity index (χ2n) is 6.35. The van der Waals surface area contributed by atoms with E-state index in [9.17, 15) is 0 Å². The molecule has 4 rings (SSSR count). The van der Waals surface area contributed by atoms with Crippen LogP contribution in [-0.4, -0.2) is 42.2 Å². The van der Waals surface area contributed by atoms with Crippen LogP contribution in [0.3, 0.4) is 0 Å². The zero-order chi connectivity index (χ0) is 18.1. The molecule has 0 fully saturated rings. The molecule has 1 N–H and O–H groups in total. The maximum Gasteiger partial charge on any atom is 0.173 e. The van der Waals surface area contributed by atoms with Gasteiger partial charge in [-0.1, -0.05) is 23.7 Å². The summed E-state index contributed by atoms with van der Waals surface area (Å²) in [4.78, 5) is 17.6. The molecule has 2 aliphatic rings. The van der Waals surface area contributed by atoms with E-state index < -0.39 is 0 Å². The Bertz CT molecular complexity index is 901. The molecule has 0 saturated heterocycles. The van der Waals surface area contributed by atoms with E-state index in [4.69, 9.17) is 16.6 Å². The number of hydrogen-bond acceptors (Lipinski definition) is 6. The van der Waals surface area contributed by atoms with Crippen molar-refractivity contribution < 1.29 is 0 Å². The lowest BCUT2D eigenvalue weighted by molar-refractivity contribution is 0.457. The number of hydrogen-bond donors (Lipinski definition) is 1. The molecule has 3 heterocycles. The van der Waals surface area contributed by atoms with Crippen molar-refractivity contribution in [2.24, 2.45) is 9.98 Å². The van der Waals surface area contributed by atoms with Crippen molar-refractivity contribution in [1.82, 2.24) is 9.88 Å². The monoisotopic (exact) mass is 366 g/mol. The number of amidine groups is 2. The molecule has 0 radical (unpaired) electrons. The van der Waals surface area contributed by atoms with E-state index in [-0.39, 0.29) is 6.04 Å². The summed E-state index contributed by atoms with van der Waals surface area (Å²) in [7, 11) is 4.04. The van der Waals surface area contributed by atoms with E-state index in [1.807, 2.05) is 44.6 Å². The number of pyridine rings is 1. The number of nitrogens with one attached hydrogen (secondary N) is 1. The Morgan fingerprint density at radius 2 is 2.12 bits per heavy atom. The number of fused-ring (bicyclic) bond motifs is 1. The third-order valence-corrected chi connectivity index (χ3v) is 4.62. The molecule has 7 heteroatoms. The third-order valence-electron chi connectivity index (χ3n) is 4.40. The van der Waals surface area contributed by atoms with Crippen LogP contribution in [0.1, 0.15) is 11.6 Å². The van der Waals surface area contributed by atoms with Gasteiger partial charge in [-0.3, -0.25) is 4.99 Å². The van der Waals surface area contributed by atoms with Crippen molar-refractivity contribution in [1.29, 1.82) is 0 Å². The normalized spacial score (nSPS) is 18.3. The third kappa shape index (κ3) is 3.15. The molecule has 132 valence electrons. The molecule has 0 bridgehead atoms. The summed E-state index contributed by atoms with van der Waals surface area (Å²) in [6, 6.07) is 12.1. The fourth-order valence-corrected chi connectivity index (χ4v) is 3.15. The summed E-state index contributed by atoms with van der Waals surface area (Å²) in [6.07, 6.45) is 5.55. The molecular formula is C19H19ClN6. The molecule has 2 aliphatic heterocycles. The number of aliphatic imine (C=N–C) groups is 2. The summed E-state index contributed by atoms with van der Waals surface area (Å²) < 4.78 is 0. The first-order valence-corrected chi connectivity index (χ1v) is 8.73. The minimum Gasteiger partial charge on any atom is -0.378 e. The topological polar surface area (TPSA) is 56.1 Å². The Balaban J connectivity index is 1.55. The summed E-state index contributed by atoms with van der Waals surface area (Å²) >= 11 is 5.90. The average molecular weight is 367 g/mol. The van der Waals surface area contributed by atoms with Crippen molar-refractivity contribution in [2.75, 3.05) is 30.9 Å². The molecule has 6 nitrogen and oxygen atoms in total. The van der Waals surface area contributed by atoms with Gasteiger partial charge in [-0.05, 0) is 29.8 Å². The van der Waals surface area contributed by atoms with Gasteiger partial charge in [-0.25, -0.2) is 9.98 Å². The van der Waals surface area contributed by atoms with Gasteiger partial charge in [0.15, 0.2) is 11.7 Å². The molecule has 0 spiro atoms. The largest absolute Gasteiger partial charge is 0.378 e. The zero-order valence-corrected chi connectivity index (χ0v) is 15.4. The minimum atomic E-state index is 0.103. The second-order valence-corrected chi connectivity index (χ2v) is 6.73. The van der Waals surface area contributed by atoms with Gasteiger partial charge in [0.05, 0.1) is 12.6 Å². The van der Waals surface area contributed by atoms with Gasteiger partial charge in [-0.2, -0.15) is 0 Å². The molecule has 1 atom stereocenters. The van der Waals surface area contributed by atoms with Crippen LogP contribution in [0.25, 0.3) is 0 Å². The van der Waals surface area contributed by atoms with Crippen molar-refractivity contribution in [2.45, 2.75) is 6.04 Å². The highest BCUT2D eigenvalue weighted by Crippen LogP contribution is 2.29. The lowest BCUT2D eigenvalue weighted by Gasteiger charge is -2.27. The Morgan fingerprint density at radius 1 is 1.23 bits per heavy atom. The highest BCUT2D eigenvalue weighted by Gasteiger charge is 2.32. The van der Waals surface area contributed by atoms with Crippen LogP contribution in [0.5, 0.6) is 0 Å². The van der Waals surface area contributed by atoms with E-state index in [1.54, 1.807) is 12.4 Å². The average Bonchev–Trinajstić information content (AvgIpc) is 3.08. The van der Waals surface area contributed by atoms with Crippen molar-refractivity contribution in [3.05, 3.63) is 65.7 Å². The van der Waals surface area contributed by atoms with Crippen LogP contribution in [0, 0.1) is 0 Å². The molecule has 1 aromatic carbocycles. The maximum absolute atomic E-state index is 5.90. The molecule has 1 aromatic heterocycles. The van der Waals surface area contributed by atoms with E-state index in [0.717, 1.165) is 28.6 Å². The first-order chi connectivity index (χ1) is 12.6. The van der Waals surface area contributed by atoms with Gasteiger partial charge < -0.3 is 15.1 Å². The molecule has 0 saturated carbocycles. The predicted molar refractivity (Wildman–Crippen MR) is 107 cm³/mol. The molecule has 1 unspecified atom stereocenters. The summed E-state index contributed by atoms with van der Waals surface area (Å²) in [6.45, 7) is 0.654. The maximum atomic E-state index is 5.90. The summed E-state index contributed by atoms with van der Waals surface area (Å²) in [5.41, 5.74) is 3.18. The number of aromatic nitrogens is 1. The first-order valence-electron chi connectivity index (χ1n) is 8.35. The fourth-order valence-electron chi connectivity index (χ4n) is 3.04. The fraction of sp³-hybridized carbons (Fsp3) is 0.211. The van der Waals surface area contributed by atoms with Gasteiger partial charge in [0.2, 0.25) is 0 Å². The van der Waals surface area contributed by atoms with Crippen LogP contribution in [0.2, 0.25) is 5.15 Å². The van der Waals surface area contributed by atoms with Crippen LogP contribution < -0.4 is 10.2 Å². The Hall–Kier alpha value is -2.86. The van der Waals surface area contributed by atoms with Crippen LogP contribution in [0.15, 0.2) is 65.0 Å². The van der Waals surface area contributed by atoms with Gasteiger partial charge >= 0.3 is 0 Å². The predicted octanol–water partition coefficient (Wildman–Crippen LogP) is 3.55. The summed E-state index contributed by atoms with van der Waals surface area (Å²) in [5, 5.41) is 3.88. The smallest absolute Gasteiger partial charge is 0.173 e. The first kappa shape index (κ1) is 16.6. The Labute approximate surface area is 157 Å². The number of rotatable bonds is 3. The van der Waals surface area contributed by atoms with E-state index >= 15 is 0 Å². The van der Waals surface area contributed by atoms with E-state index in [2.05, 4.69) is 37.2 Å². The quantitative estimate of drug-likeness (QED) is 0.844. The SMILES string of the molecule is CN(C)c1cccc(NC2=NC=CN3C2=NCC3c2ccc(Cl)nc2)c1. The highest BCUT2D eigenvalue weighted by atomic mass is 35.5. The van der Waals surface area contributed by atoms with Gasteiger partial charge in [0.25, 0.3) is 0 Å². The van der Waals surface area contributed by atoms with Crippen molar-refractivity contribution in [3.63, 3.8) is 0 Å². The van der Waals surface area contributed by atoms with Gasteiger partial charge in [-0.15, -0.1) is 0 Å². The molecular weight excluding hydrogens is 348 g/mol. The molecule has 0 amide bonds. The van der Waals surface area contributed by atoms with Crippen LogP contribution in [0.4, 0.5) is 11.4 Å². The van der Waals surface area contributed by atoms with Gasteiger partial charge in [0.1, 0.15) is 5.15 Å². The van der Waals surface area contributed by atoms with Gasteiger partial charge in [0, 0.05) is 44.1 Å². The number of halogens is 1. The lowest BCUT2D eigenvalue weighted by atomic mass is 10.1. The molecule has 0 aliphatic carbocycles. The molecule has 26 heavy (non-hydrogen) atoms. The Kier molecular flexibility index (Phi) is 4.34.